The van der Waals surface area contributed by atoms with E-state index in [9.17, 15) is 13.2 Å². The van der Waals surface area contributed by atoms with E-state index in [4.69, 9.17) is 23.7 Å². The van der Waals surface area contributed by atoms with Gasteiger partial charge < -0.3 is 23.7 Å². The second kappa shape index (κ2) is 7.70. The Labute approximate surface area is 167 Å². The van der Waals surface area contributed by atoms with Crippen molar-refractivity contribution in [2.75, 3.05) is 37.5 Å². The van der Waals surface area contributed by atoms with Gasteiger partial charge in [-0.1, -0.05) is 0 Å². The first-order valence-electron chi connectivity index (χ1n) is 8.96. The molecule has 0 amide bonds. The van der Waals surface area contributed by atoms with Gasteiger partial charge in [-0.25, -0.2) is 8.42 Å². The average Bonchev–Trinajstić information content (AvgIpc) is 3.19. The van der Waals surface area contributed by atoms with E-state index in [-0.39, 0.29) is 24.0 Å². The van der Waals surface area contributed by atoms with Gasteiger partial charge in [0.1, 0.15) is 19.8 Å². The third kappa shape index (κ3) is 3.75. The first-order chi connectivity index (χ1) is 14.0. The maximum absolute atomic E-state index is 13.4. The molecule has 0 N–H and O–H groups in total. The Kier molecular flexibility index (Phi) is 5.10. The minimum absolute atomic E-state index is 0.0382. The van der Waals surface area contributed by atoms with E-state index in [1.54, 1.807) is 19.1 Å². The van der Waals surface area contributed by atoms with Crippen LogP contribution in [0.2, 0.25) is 0 Å². The van der Waals surface area contributed by atoms with Gasteiger partial charge in [-0.15, -0.1) is 0 Å². The number of rotatable bonds is 6. The number of anilines is 1. The molecule has 0 aromatic heterocycles. The Bertz CT molecular complexity index is 1040. The topological polar surface area (TPSA) is 101 Å². The van der Waals surface area contributed by atoms with Gasteiger partial charge in [0.2, 0.25) is 6.79 Å². The molecule has 0 spiro atoms. The van der Waals surface area contributed by atoms with E-state index in [0.717, 1.165) is 4.31 Å². The Morgan fingerprint density at radius 2 is 1.62 bits per heavy atom. The minimum atomic E-state index is -4.12. The van der Waals surface area contributed by atoms with E-state index >= 15 is 0 Å². The molecule has 154 valence electrons. The summed E-state index contributed by atoms with van der Waals surface area (Å²) in [5.41, 5.74) is 0.247. The number of sulfonamides is 1. The van der Waals surface area contributed by atoms with Crippen LogP contribution in [0.15, 0.2) is 41.3 Å². The third-order valence-corrected chi connectivity index (χ3v) is 6.09. The molecule has 2 aliphatic heterocycles. The number of hydrogen-bond donors (Lipinski definition) is 0. The van der Waals surface area contributed by atoms with Crippen molar-refractivity contribution in [2.24, 2.45) is 0 Å². The number of nitrogens with zero attached hydrogens (tertiary/aromatic N) is 1. The lowest BCUT2D eigenvalue weighted by atomic mass is 10.3. The number of benzene rings is 2. The average molecular weight is 421 g/mol. The molecule has 0 fully saturated rings. The number of carbonyl (C=O) groups is 1. The van der Waals surface area contributed by atoms with E-state index in [0.29, 0.717) is 36.2 Å². The summed E-state index contributed by atoms with van der Waals surface area (Å²) in [7, 11) is -4.12. The standard InChI is InChI=1S/C19H19NO8S/c1-2-24-19(21)11-20(13-3-5-16-17(9-13)28-12-27-16)29(22,23)14-4-6-15-18(10-14)26-8-7-25-15/h3-6,9-10H,2,7-8,11-12H2,1H3. The molecule has 0 radical (unpaired) electrons. The van der Waals surface area contributed by atoms with Crippen molar-refractivity contribution < 1.29 is 36.9 Å². The summed E-state index contributed by atoms with van der Waals surface area (Å²) in [4.78, 5) is 12.1. The molecule has 0 bridgehead atoms. The number of fused-ring (bicyclic) bond motifs is 2. The van der Waals surface area contributed by atoms with Crippen LogP contribution in [-0.4, -0.2) is 47.5 Å². The molecule has 2 aromatic carbocycles. The van der Waals surface area contributed by atoms with Crippen LogP contribution in [0.25, 0.3) is 0 Å². The van der Waals surface area contributed by atoms with Gasteiger partial charge in [-0.3, -0.25) is 9.10 Å². The van der Waals surface area contributed by atoms with Crippen LogP contribution in [0, 0.1) is 0 Å². The summed E-state index contributed by atoms with van der Waals surface area (Å²) in [6.07, 6.45) is 0. The molecule has 2 aliphatic rings. The Morgan fingerprint density at radius 3 is 2.41 bits per heavy atom. The van der Waals surface area contributed by atoms with Crippen molar-refractivity contribution in [2.45, 2.75) is 11.8 Å². The second-order valence-corrected chi connectivity index (χ2v) is 8.02. The van der Waals surface area contributed by atoms with Crippen LogP contribution in [0.4, 0.5) is 5.69 Å². The predicted octanol–water partition coefficient (Wildman–Crippen LogP) is 1.94. The van der Waals surface area contributed by atoms with Crippen LogP contribution in [0.5, 0.6) is 23.0 Å². The highest BCUT2D eigenvalue weighted by Crippen LogP contribution is 2.38. The van der Waals surface area contributed by atoms with Crippen molar-refractivity contribution in [3.05, 3.63) is 36.4 Å². The molecular weight excluding hydrogens is 402 g/mol. The lowest BCUT2D eigenvalue weighted by Gasteiger charge is -2.25. The first-order valence-corrected chi connectivity index (χ1v) is 10.4. The highest BCUT2D eigenvalue weighted by molar-refractivity contribution is 7.92. The predicted molar refractivity (Wildman–Crippen MR) is 101 cm³/mol. The molecular formula is C19H19NO8S. The van der Waals surface area contributed by atoms with Gasteiger partial charge in [0.25, 0.3) is 10.0 Å². The van der Waals surface area contributed by atoms with Crippen molar-refractivity contribution in [1.82, 2.24) is 0 Å². The van der Waals surface area contributed by atoms with E-state index in [1.165, 1.54) is 24.3 Å². The number of hydrogen-bond acceptors (Lipinski definition) is 8. The van der Waals surface area contributed by atoms with Gasteiger partial charge in [0.05, 0.1) is 17.2 Å². The van der Waals surface area contributed by atoms with Gasteiger partial charge in [-0.2, -0.15) is 0 Å². The van der Waals surface area contributed by atoms with Crippen molar-refractivity contribution in [1.29, 1.82) is 0 Å². The summed E-state index contributed by atoms with van der Waals surface area (Å²) in [6.45, 7) is 2.06. The first kappa shape index (κ1) is 19.2. The van der Waals surface area contributed by atoms with Crippen LogP contribution in [0.1, 0.15) is 6.92 Å². The molecule has 4 rings (SSSR count). The highest BCUT2D eigenvalue weighted by Gasteiger charge is 2.30. The highest BCUT2D eigenvalue weighted by atomic mass is 32.2. The van der Waals surface area contributed by atoms with Gasteiger partial charge >= 0.3 is 5.97 Å². The molecule has 9 nitrogen and oxygen atoms in total. The van der Waals surface area contributed by atoms with Crippen molar-refractivity contribution in [3.63, 3.8) is 0 Å². The molecule has 0 saturated carbocycles. The fourth-order valence-electron chi connectivity index (χ4n) is 2.99. The number of esters is 1. The summed E-state index contributed by atoms with van der Waals surface area (Å²) >= 11 is 0. The smallest absolute Gasteiger partial charge is 0.326 e. The van der Waals surface area contributed by atoms with E-state index < -0.39 is 22.5 Å². The van der Waals surface area contributed by atoms with E-state index in [2.05, 4.69) is 0 Å². The third-order valence-electron chi connectivity index (χ3n) is 4.32. The summed E-state index contributed by atoms with van der Waals surface area (Å²) in [5, 5.41) is 0. The number of ether oxygens (including phenoxy) is 5. The lowest BCUT2D eigenvalue weighted by molar-refractivity contribution is -0.141. The summed E-state index contributed by atoms with van der Waals surface area (Å²) in [5.74, 6) is 1.02. The molecule has 29 heavy (non-hydrogen) atoms. The zero-order valence-corrected chi connectivity index (χ0v) is 16.4. The molecule has 0 unspecified atom stereocenters. The Morgan fingerprint density at radius 1 is 0.966 bits per heavy atom. The van der Waals surface area contributed by atoms with Crippen LogP contribution in [-0.2, 0) is 19.6 Å². The Hall–Kier alpha value is -3.14. The summed E-state index contributed by atoms with van der Waals surface area (Å²) < 4.78 is 54.3. The quantitative estimate of drug-likeness (QED) is 0.653. The zero-order valence-electron chi connectivity index (χ0n) is 15.6. The van der Waals surface area contributed by atoms with Gasteiger partial charge in [-0.05, 0) is 31.2 Å². The zero-order chi connectivity index (χ0) is 20.4. The molecule has 2 heterocycles. The minimum Gasteiger partial charge on any atom is -0.486 e. The monoisotopic (exact) mass is 421 g/mol. The normalized spacial score (nSPS) is 14.4. The van der Waals surface area contributed by atoms with E-state index in [1.807, 2.05) is 0 Å². The van der Waals surface area contributed by atoms with Gasteiger partial charge in [0.15, 0.2) is 23.0 Å². The molecule has 0 atom stereocenters. The SMILES string of the molecule is CCOC(=O)CN(c1ccc2c(c1)OCO2)S(=O)(=O)c1ccc2c(c1)OCCO2. The Balaban J connectivity index is 1.74. The fourth-order valence-corrected chi connectivity index (χ4v) is 4.41. The molecule has 0 aliphatic carbocycles. The molecule has 2 aromatic rings. The lowest BCUT2D eigenvalue weighted by Crippen LogP contribution is -2.36. The van der Waals surface area contributed by atoms with Crippen LogP contribution < -0.4 is 23.3 Å². The van der Waals surface area contributed by atoms with Crippen LogP contribution >= 0.6 is 0 Å². The molecule has 10 heteroatoms. The van der Waals surface area contributed by atoms with Crippen molar-refractivity contribution in [3.8, 4) is 23.0 Å². The fraction of sp³-hybridized carbons (Fsp3) is 0.316. The second-order valence-electron chi connectivity index (χ2n) is 6.16. The molecule has 0 saturated heterocycles. The largest absolute Gasteiger partial charge is 0.486 e. The van der Waals surface area contributed by atoms with Crippen LogP contribution in [0.3, 0.4) is 0 Å². The maximum atomic E-state index is 13.4. The maximum Gasteiger partial charge on any atom is 0.326 e. The van der Waals surface area contributed by atoms with Crippen molar-refractivity contribution >= 4 is 21.7 Å². The van der Waals surface area contributed by atoms with Gasteiger partial charge in [0, 0.05) is 12.1 Å². The number of carbonyl (C=O) groups excluding carboxylic acids is 1. The summed E-state index contributed by atoms with van der Waals surface area (Å²) in [6, 6.07) is 8.97.